The predicted octanol–water partition coefficient (Wildman–Crippen LogP) is 3.37. The summed E-state index contributed by atoms with van der Waals surface area (Å²) < 4.78 is 2.38. The molecule has 0 radical (unpaired) electrons. The molecule has 3 rings (SSSR count). The number of amides is 1. The molecule has 25 heavy (non-hydrogen) atoms. The highest BCUT2D eigenvalue weighted by Crippen LogP contribution is 2.57. The molecule has 0 saturated heterocycles. The van der Waals surface area contributed by atoms with Crippen molar-refractivity contribution in [2.75, 3.05) is 5.32 Å². The summed E-state index contributed by atoms with van der Waals surface area (Å²) in [6, 6.07) is 9.74. The number of rotatable bonds is 4. The van der Waals surface area contributed by atoms with Crippen LogP contribution in [0.15, 0.2) is 24.3 Å². The Kier molecular flexibility index (Phi) is 4.13. The topological polar surface area (TPSA) is 107 Å². The van der Waals surface area contributed by atoms with E-state index in [1.165, 1.54) is 0 Å². The maximum atomic E-state index is 10.9. The van der Waals surface area contributed by atoms with Crippen molar-refractivity contribution in [2.24, 2.45) is 12.5 Å². The third-order valence-electron chi connectivity index (χ3n) is 4.92. The number of carboxylic acid groups (broad SMARTS) is 1. The predicted molar refractivity (Wildman–Crippen MR) is 94.8 cm³/mol. The molecule has 0 spiro atoms. The summed E-state index contributed by atoms with van der Waals surface area (Å²) in [6.07, 6.45) is 0.903. The summed E-state index contributed by atoms with van der Waals surface area (Å²) >= 11 is 5.19. The largest absolute Gasteiger partial charge is 0.465 e. The van der Waals surface area contributed by atoms with E-state index in [2.05, 4.69) is 21.6 Å². The van der Waals surface area contributed by atoms with Gasteiger partial charge in [0.15, 0.2) is 4.77 Å². The summed E-state index contributed by atoms with van der Waals surface area (Å²) in [5.74, 6) is 0.821. The fraction of sp³-hybridized carbons (Fsp3) is 0.412. The summed E-state index contributed by atoms with van der Waals surface area (Å²) in [5.41, 5.74) is 0.864. The molecule has 130 valence electrons. The van der Waals surface area contributed by atoms with E-state index in [1.54, 1.807) is 6.07 Å². The zero-order chi connectivity index (χ0) is 18.2. The van der Waals surface area contributed by atoms with Gasteiger partial charge in [0.2, 0.25) is 0 Å². The number of nitriles is 1. The number of carbonyl (C=O) groups is 1. The van der Waals surface area contributed by atoms with Gasteiger partial charge in [-0.25, -0.2) is 4.79 Å². The minimum atomic E-state index is -1.10. The maximum Gasteiger partial charge on any atom is 0.409 e. The first-order chi connectivity index (χ1) is 11.8. The molecule has 7 nitrogen and oxygen atoms in total. The number of H-pyrrole nitrogens is 1. The fourth-order valence-corrected chi connectivity index (χ4v) is 3.99. The molecular weight excluding hydrogens is 338 g/mol. The lowest BCUT2D eigenvalue weighted by molar-refractivity contribution is 0.0891. The van der Waals surface area contributed by atoms with Crippen LogP contribution in [0.1, 0.15) is 31.2 Å². The van der Waals surface area contributed by atoms with Gasteiger partial charge in [0.25, 0.3) is 0 Å². The molecule has 0 atom stereocenters. The SMILES string of the molecule is Cn1c(CC2(c3cccc(NC(=O)O)c3)CC(C)(C#N)C2)n[nH]c1=S. The lowest BCUT2D eigenvalue weighted by atomic mass is 9.50. The van der Waals surface area contributed by atoms with Crippen molar-refractivity contribution >= 4 is 24.0 Å². The summed E-state index contributed by atoms with van der Waals surface area (Å²) in [6.45, 7) is 1.95. The monoisotopic (exact) mass is 357 g/mol. The zero-order valence-corrected chi connectivity index (χ0v) is 14.9. The average molecular weight is 357 g/mol. The molecule has 1 aliphatic carbocycles. The first kappa shape index (κ1) is 17.2. The van der Waals surface area contributed by atoms with Crippen LogP contribution < -0.4 is 5.32 Å². The van der Waals surface area contributed by atoms with Gasteiger partial charge in [-0.15, -0.1) is 0 Å². The van der Waals surface area contributed by atoms with Crippen LogP contribution in [0.3, 0.4) is 0 Å². The first-order valence-corrected chi connectivity index (χ1v) is 8.30. The second kappa shape index (κ2) is 6.01. The molecule has 2 aromatic rings. The van der Waals surface area contributed by atoms with E-state index in [1.807, 2.05) is 36.7 Å². The van der Waals surface area contributed by atoms with Crippen molar-refractivity contribution in [1.82, 2.24) is 14.8 Å². The van der Waals surface area contributed by atoms with Gasteiger partial charge >= 0.3 is 6.09 Å². The van der Waals surface area contributed by atoms with Gasteiger partial charge < -0.3 is 9.67 Å². The number of nitrogens with zero attached hydrogens (tertiary/aromatic N) is 3. The normalized spacial score (nSPS) is 25.0. The molecule has 8 heteroatoms. The van der Waals surface area contributed by atoms with Gasteiger partial charge in [-0.05, 0) is 49.7 Å². The highest BCUT2D eigenvalue weighted by Gasteiger charge is 2.53. The van der Waals surface area contributed by atoms with Crippen LogP contribution in [-0.2, 0) is 18.9 Å². The van der Waals surface area contributed by atoms with E-state index < -0.39 is 6.09 Å². The van der Waals surface area contributed by atoms with Crippen molar-refractivity contribution in [3.63, 3.8) is 0 Å². The second-order valence-electron chi connectivity index (χ2n) is 7.00. The highest BCUT2D eigenvalue weighted by atomic mass is 32.1. The Balaban J connectivity index is 1.99. The molecule has 1 aliphatic rings. The third kappa shape index (κ3) is 3.15. The van der Waals surface area contributed by atoms with E-state index in [9.17, 15) is 10.1 Å². The molecule has 1 aromatic carbocycles. The van der Waals surface area contributed by atoms with Crippen LogP contribution in [0.25, 0.3) is 0 Å². The number of aromatic amines is 1. The average Bonchev–Trinajstić information content (AvgIpc) is 2.84. The zero-order valence-electron chi connectivity index (χ0n) is 14.0. The third-order valence-corrected chi connectivity index (χ3v) is 5.29. The number of nitrogens with one attached hydrogen (secondary N) is 2. The number of hydrogen-bond donors (Lipinski definition) is 3. The van der Waals surface area contributed by atoms with Crippen LogP contribution in [0.2, 0.25) is 0 Å². The lowest BCUT2D eigenvalue weighted by Crippen LogP contribution is -2.49. The minimum Gasteiger partial charge on any atom is -0.465 e. The lowest BCUT2D eigenvalue weighted by Gasteiger charge is -2.51. The molecular formula is C17H19N5O2S. The number of anilines is 1. The highest BCUT2D eigenvalue weighted by molar-refractivity contribution is 7.71. The summed E-state index contributed by atoms with van der Waals surface area (Å²) in [5, 5.41) is 27.9. The van der Waals surface area contributed by atoms with E-state index in [0.29, 0.717) is 29.7 Å². The molecule has 0 unspecified atom stereocenters. The van der Waals surface area contributed by atoms with Crippen LogP contribution in [0.5, 0.6) is 0 Å². The van der Waals surface area contributed by atoms with Gasteiger partial charge in [-0.2, -0.15) is 10.4 Å². The van der Waals surface area contributed by atoms with Gasteiger partial charge in [0.1, 0.15) is 5.82 Å². The summed E-state index contributed by atoms with van der Waals surface area (Å²) in [7, 11) is 1.86. The molecule has 1 aromatic heterocycles. The van der Waals surface area contributed by atoms with Crippen LogP contribution in [0.4, 0.5) is 10.5 Å². The van der Waals surface area contributed by atoms with E-state index in [-0.39, 0.29) is 10.8 Å². The van der Waals surface area contributed by atoms with E-state index in [4.69, 9.17) is 17.3 Å². The quantitative estimate of drug-likeness (QED) is 0.727. The molecule has 1 fully saturated rings. The van der Waals surface area contributed by atoms with E-state index in [0.717, 1.165) is 11.4 Å². The van der Waals surface area contributed by atoms with Crippen LogP contribution >= 0.6 is 12.2 Å². The minimum absolute atomic E-state index is 0.268. The molecule has 1 amide bonds. The Labute approximate surface area is 150 Å². The van der Waals surface area contributed by atoms with E-state index >= 15 is 0 Å². The van der Waals surface area contributed by atoms with Crippen LogP contribution in [0, 0.1) is 21.5 Å². The van der Waals surface area contributed by atoms with Crippen LogP contribution in [-0.4, -0.2) is 26.0 Å². The molecule has 0 bridgehead atoms. The first-order valence-electron chi connectivity index (χ1n) is 7.89. The van der Waals surface area contributed by atoms with Gasteiger partial charge in [-0.3, -0.25) is 10.4 Å². The smallest absolute Gasteiger partial charge is 0.409 e. The number of aromatic nitrogens is 3. The number of benzene rings is 1. The van der Waals surface area contributed by atoms with Crippen molar-refractivity contribution in [3.8, 4) is 6.07 Å². The van der Waals surface area contributed by atoms with Gasteiger partial charge in [0, 0.05) is 24.6 Å². The Morgan fingerprint density at radius 2 is 2.28 bits per heavy atom. The standard InChI is InChI=1S/C17H19N5O2S/c1-16(10-18)8-17(9-16,7-13-20-21-14(25)22(13)2)11-4-3-5-12(6-11)19-15(23)24/h3-6,19H,7-9H2,1-2H3,(H,21,25)(H,23,24). The Bertz CT molecular complexity index is 918. The van der Waals surface area contributed by atoms with Crippen molar-refractivity contribution in [3.05, 3.63) is 40.4 Å². The maximum absolute atomic E-state index is 10.9. The Morgan fingerprint density at radius 1 is 1.56 bits per heavy atom. The summed E-state index contributed by atoms with van der Waals surface area (Å²) in [4.78, 5) is 10.9. The number of hydrogen-bond acceptors (Lipinski definition) is 4. The Hall–Kier alpha value is -2.66. The van der Waals surface area contributed by atoms with Gasteiger partial charge in [-0.1, -0.05) is 12.1 Å². The fourth-order valence-electron chi connectivity index (χ4n) is 3.84. The second-order valence-corrected chi connectivity index (χ2v) is 7.38. The van der Waals surface area contributed by atoms with Crippen molar-refractivity contribution in [1.29, 1.82) is 5.26 Å². The molecule has 3 N–H and O–H groups in total. The molecule has 1 heterocycles. The van der Waals surface area contributed by atoms with Crippen molar-refractivity contribution in [2.45, 2.75) is 31.6 Å². The molecule has 0 aliphatic heterocycles. The van der Waals surface area contributed by atoms with Gasteiger partial charge in [0.05, 0.1) is 11.5 Å². The Morgan fingerprint density at radius 3 is 2.84 bits per heavy atom. The van der Waals surface area contributed by atoms with Crippen molar-refractivity contribution < 1.29 is 9.90 Å². The molecule has 1 saturated carbocycles.